The van der Waals surface area contributed by atoms with Gasteiger partial charge in [0, 0.05) is 31.3 Å². The molecule has 39 heavy (non-hydrogen) atoms. The molecule has 0 radical (unpaired) electrons. The average molecular weight is 567 g/mol. The lowest BCUT2D eigenvalue weighted by Gasteiger charge is -2.36. The van der Waals surface area contributed by atoms with Crippen molar-refractivity contribution < 1.29 is 23.0 Å². The SMILES string of the molecule is Cn1cnnc1SCC1CC(c2ccc(CO)cc2)OC(c2ccc(CNS(=O)(=O)c3ccccc3)cc2)O1. The summed E-state index contributed by atoms with van der Waals surface area (Å²) in [7, 11) is -1.69. The van der Waals surface area contributed by atoms with Gasteiger partial charge in [0.05, 0.1) is 23.7 Å². The third-order valence-corrected chi connectivity index (χ3v) is 9.04. The highest BCUT2D eigenvalue weighted by Gasteiger charge is 2.32. The minimum absolute atomic E-state index is 0.0115. The summed E-state index contributed by atoms with van der Waals surface area (Å²) in [5, 5.41) is 18.3. The maximum Gasteiger partial charge on any atom is 0.240 e. The van der Waals surface area contributed by atoms with Gasteiger partial charge in [-0.3, -0.25) is 0 Å². The van der Waals surface area contributed by atoms with Crippen LogP contribution in [0.5, 0.6) is 0 Å². The standard InChI is InChI=1S/C28H30N4O5S2/c1-32-19-29-31-28(32)38-18-24-15-26(22-11-9-21(17-33)10-12-22)37-27(36-24)23-13-7-20(8-14-23)16-30-39(34,35)25-5-3-2-4-6-25/h2-14,19,24,26-27,30,33H,15-18H2,1H3. The molecule has 0 spiro atoms. The third kappa shape index (κ3) is 6.93. The van der Waals surface area contributed by atoms with Gasteiger partial charge in [0.2, 0.25) is 10.0 Å². The molecule has 0 bridgehead atoms. The number of aromatic nitrogens is 3. The van der Waals surface area contributed by atoms with Crippen LogP contribution in [0.15, 0.2) is 95.2 Å². The molecular formula is C28H30N4O5S2. The van der Waals surface area contributed by atoms with E-state index in [4.69, 9.17) is 9.47 Å². The van der Waals surface area contributed by atoms with Crippen molar-refractivity contribution in [1.29, 1.82) is 0 Å². The molecule has 2 N–H and O–H groups in total. The van der Waals surface area contributed by atoms with Crippen molar-refractivity contribution in [2.75, 3.05) is 5.75 Å². The molecule has 1 aromatic heterocycles. The topological polar surface area (TPSA) is 116 Å². The van der Waals surface area contributed by atoms with Crippen LogP contribution in [0.2, 0.25) is 0 Å². The highest BCUT2D eigenvalue weighted by molar-refractivity contribution is 7.99. The Labute approximate surface area is 232 Å². The first-order valence-electron chi connectivity index (χ1n) is 12.5. The van der Waals surface area contributed by atoms with Crippen molar-refractivity contribution >= 4 is 21.8 Å². The molecule has 9 nitrogen and oxygen atoms in total. The van der Waals surface area contributed by atoms with Gasteiger partial charge in [0.1, 0.15) is 6.33 Å². The summed E-state index contributed by atoms with van der Waals surface area (Å²) in [4.78, 5) is 0.230. The van der Waals surface area contributed by atoms with Gasteiger partial charge < -0.3 is 19.1 Å². The van der Waals surface area contributed by atoms with Crippen LogP contribution in [0.4, 0.5) is 0 Å². The van der Waals surface area contributed by atoms with E-state index in [-0.39, 0.29) is 30.3 Å². The Hall–Kier alpha value is -3.06. The number of sulfonamides is 1. The first-order valence-corrected chi connectivity index (χ1v) is 15.0. The summed E-state index contributed by atoms with van der Waals surface area (Å²) < 4.78 is 42.4. The molecule has 2 heterocycles. The Morgan fingerprint density at radius 1 is 0.974 bits per heavy atom. The number of aryl methyl sites for hydroxylation is 1. The molecule has 1 aliphatic rings. The lowest BCUT2D eigenvalue weighted by atomic mass is 10.0. The molecule has 0 saturated carbocycles. The van der Waals surface area contributed by atoms with Crippen LogP contribution in [-0.4, -0.2) is 40.1 Å². The van der Waals surface area contributed by atoms with Crippen LogP contribution in [0.1, 0.15) is 41.1 Å². The van der Waals surface area contributed by atoms with Crippen LogP contribution < -0.4 is 4.72 Å². The minimum atomic E-state index is -3.60. The number of benzene rings is 3. The Bertz CT molecular complexity index is 1460. The largest absolute Gasteiger partial charge is 0.392 e. The summed E-state index contributed by atoms with van der Waals surface area (Å²) in [6, 6.07) is 23.6. The summed E-state index contributed by atoms with van der Waals surface area (Å²) in [5.74, 6) is 0.678. The summed E-state index contributed by atoms with van der Waals surface area (Å²) >= 11 is 1.58. The van der Waals surface area contributed by atoms with E-state index in [1.165, 1.54) is 0 Å². The quantitative estimate of drug-likeness (QED) is 0.276. The van der Waals surface area contributed by atoms with E-state index < -0.39 is 16.3 Å². The lowest BCUT2D eigenvalue weighted by Crippen LogP contribution is -2.31. The fourth-order valence-electron chi connectivity index (χ4n) is 4.25. The van der Waals surface area contributed by atoms with Crippen LogP contribution in [-0.2, 0) is 39.7 Å². The molecule has 5 rings (SSSR count). The molecule has 3 aromatic carbocycles. The Balaban J connectivity index is 1.29. The van der Waals surface area contributed by atoms with Crippen molar-refractivity contribution in [1.82, 2.24) is 19.5 Å². The van der Waals surface area contributed by atoms with Crippen LogP contribution in [0.3, 0.4) is 0 Å². The molecule has 0 amide bonds. The molecule has 4 aromatic rings. The average Bonchev–Trinajstić information content (AvgIpc) is 3.40. The molecule has 11 heteroatoms. The predicted molar refractivity (Wildman–Crippen MR) is 147 cm³/mol. The van der Waals surface area contributed by atoms with Crippen molar-refractivity contribution in [3.05, 3.63) is 107 Å². The molecule has 204 valence electrons. The second-order valence-corrected chi connectivity index (χ2v) is 12.0. The van der Waals surface area contributed by atoms with E-state index in [1.54, 1.807) is 48.4 Å². The van der Waals surface area contributed by atoms with Crippen molar-refractivity contribution in [3.8, 4) is 0 Å². The number of ether oxygens (including phenoxy) is 2. The molecule has 3 unspecified atom stereocenters. The Kier molecular flexibility index (Phi) is 8.75. The second kappa shape index (κ2) is 12.4. The van der Waals surface area contributed by atoms with E-state index in [0.29, 0.717) is 12.2 Å². The zero-order chi connectivity index (χ0) is 27.2. The molecule has 0 aliphatic carbocycles. The number of nitrogens with zero attached hydrogens (tertiary/aromatic N) is 3. The van der Waals surface area contributed by atoms with Crippen molar-refractivity contribution in [3.63, 3.8) is 0 Å². The monoisotopic (exact) mass is 566 g/mol. The fraction of sp³-hybridized carbons (Fsp3) is 0.286. The van der Waals surface area contributed by atoms with Crippen molar-refractivity contribution in [2.45, 2.75) is 48.1 Å². The van der Waals surface area contributed by atoms with E-state index in [1.807, 2.05) is 60.1 Å². The van der Waals surface area contributed by atoms with E-state index in [9.17, 15) is 13.5 Å². The van der Waals surface area contributed by atoms with Gasteiger partial charge in [-0.2, -0.15) is 0 Å². The number of rotatable bonds is 10. The summed E-state index contributed by atoms with van der Waals surface area (Å²) in [6.07, 6.45) is 1.44. The first-order chi connectivity index (χ1) is 18.9. The predicted octanol–water partition coefficient (Wildman–Crippen LogP) is 4.12. The van der Waals surface area contributed by atoms with Gasteiger partial charge >= 0.3 is 0 Å². The van der Waals surface area contributed by atoms with E-state index >= 15 is 0 Å². The summed E-state index contributed by atoms with van der Waals surface area (Å²) in [6.45, 7) is 0.156. The van der Waals surface area contributed by atoms with Gasteiger partial charge in [0.25, 0.3) is 0 Å². The van der Waals surface area contributed by atoms with E-state index in [0.717, 1.165) is 27.4 Å². The van der Waals surface area contributed by atoms with Gasteiger partial charge in [0.15, 0.2) is 11.4 Å². The normalized spacial score (nSPS) is 19.7. The zero-order valence-corrected chi connectivity index (χ0v) is 23.0. The smallest absolute Gasteiger partial charge is 0.240 e. The number of aliphatic hydroxyl groups excluding tert-OH is 1. The fourth-order valence-corrected chi connectivity index (χ4v) is 6.19. The molecule has 1 saturated heterocycles. The maximum absolute atomic E-state index is 12.6. The maximum atomic E-state index is 12.6. The highest BCUT2D eigenvalue weighted by Crippen LogP contribution is 2.39. The van der Waals surface area contributed by atoms with Gasteiger partial charge in [-0.25, -0.2) is 13.1 Å². The number of hydrogen-bond donors (Lipinski definition) is 2. The minimum Gasteiger partial charge on any atom is -0.392 e. The molecule has 1 fully saturated rings. The van der Waals surface area contributed by atoms with Gasteiger partial charge in [-0.15, -0.1) is 10.2 Å². The first kappa shape index (κ1) is 27.5. The van der Waals surface area contributed by atoms with Gasteiger partial charge in [-0.1, -0.05) is 78.5 Å². The third-order valence-electron chi connectivity index (χ3n) is 6.45. The van der Waals surface area contributed by atoms with Crippen LogP contribution >= 0.6 is 11.8 Å². The lowest BCUT2D eigenvalue weighted by molar-refractivity contribution is -0.245. The van der Waals surface area contributed by atoms with Crippen LogP contribution in [0.25, 0.3) is 0 Å². The second-order valence-electron chi connectivity index (χ2n) is 9.26. The van der Waals surface area contributed by atoms with E-state index in [2.05, 4.69) is 14.9 Å². The van der Waals surface area contributed by atoms with Crippen molar-refractivity contribution in [2.24, 2.45) is 7.05 Å². The molecule has 3 atom stereocenters. The van der Waals surface area contributed by atoms with Gasteiger partial charge in [-0.05, 0) is 28.8 Å². The summed E-state index contributed by atoms with van der Waals surface area (Å²) in [5.41, 5.74) is 3.52. The number of hydrogen-bond acceptors (Lipinski definition) is 8. The highest BCUT2D eigenvalue weighted by atomic mass is 32.2. The number of nitrogens with one attached hydrogen (secondary N) is 1. The number of aliphatic hydroxyl groups is 1. The molecule has 1 aliphatic heterocycles. The Morgan fingerprint density at radius 2 is 1.67 bits per heavy atom. The Morgan fingerprint density at radius 3 is 2.33 bits per heavy atom. The van der Waals surface area contributed by atoms with Crippen LogP contribution in [0, 0.1) is 0 Å². The number of thioether (sulfide) groups is 1. The zero-order valence-electron chi connectivity index (χ0n) is 21.4. The molecular weight excluding hydrogens is 536 g/mol.